The Morgan fingerprint density at radius 1 is 1.37 bits per heavy atom. The van der Waals surface area contributed by atoms with Crippen LogP contribution in [0.25, 0.3) is 0 Å². The summed E-state index contributed by atoms with van der Waals surface area (Å²) in [4.78, 5) is 25.4. The van der Waals surface area contributed by atoms with E-state index in [2.05, 4.69) is 4.74 Å². The number of amides is 1. The van der Waals surface area contributed by atoms with Gasteiger partial charge >= 0.3 is 12.3 Å². The molecule has 27 heavy (non-hydrogen) atoms. The molecular weight excluding hydrogens is 366 g/mol. The van der Waals surface area contributed by atoms with Gasteiger partial charge in [-0.1, -0.05) is 13.8 Å². The number of ether oxygens (including phenoxy) is 1. The van der Waals surface area contributed by atoms with Gasteiger partial charge in [-0.25, -0.2) is 4.39 Å². The summed E-state index contributed by atoms with van der Waals surface area (Å²) in [6, 6.07) is 3.12. The van der Waals surface area contributed by atoms with E-state index in [1.807, 2.05) is 19.8 Å². The maximum absolute atomic E-state index is 13.3. The standard InChI is InChI=1S/C19H19F4NO3/c1-4-16(26)24(18(12-25)8-7-17(2,3)11-18)14-5-6-15(13(9-14)10-20)27-19(21,22)23/h1,5-6,9,12H,7-8,10-11H2,2-3H3. The summed E-state index contributed by atoms with van der Waals surface area (Å²) in [5.74, 6) is 0.401. The van der Waals surface area contributed by atoms with Crippen LogP contribution in [0.5, 0.6) is 5.75 Å². The molecule has 0 saturated heterocycles. The second kappa shape index (κ2) is 7.22. The van der Waals surface area contributed by atoms with Crippen molar-refractivity contribution in [2.45, 2.75) is 51.7 Å². The van der Waals surface area contributed by atoms with Gasteiger partial charge in [-0.3, -0.25) is 9.69 Å². The van der Waals surface area contributed by atoms with E-state index in [0.29, 0.717) is 25.5 Å². The molecule has 2 rings (SSSR count). The lowest BCUT2D eigenvalue weighted by molar-refractivity contribution is -0.275. The molecular formula is C19H19F4NO3. The van der Waals surface area contributed by atoms with Crippen LogP contribution in [-0.4, -0.2) is 24.1 Å². The molecule has 0 spiro atoms. The largest absolute Gasteiger partial charge is 0.573 e. The molecule has 1 aromatic carbocycles. The average molecular weight is 385 g/mol. The number of anilines is 1. The number of carbonyl (C=O) groups excluding carboxylic acids is 2. The fourth-order valence-corrected chi connectivity index (χ4v) is 3.58. The predicted molar refractivity (Wildman–Crippen MR) is 90.7 cm³/mol. The lowest BCUT2D eigenvalue weighted by Gasteiger charge is -2.37. The molecule has 0 aliphatic heterocycles. The SMILES string of the molecule is C#CC(=O)N(c1ccc(OC(F)(F)F)c(CF)c1)C1(C=O)CCC(C)(C)C1. The lowest BCUT2D eigenvalue weighted by Crippen LogP contribution is -2.52. The summed E-state index contributed by atoms with van der Waals surface area (Å²) < 4.78 is 54.5. The highest BCUT2D eigenvalue weighted by Gasteiger charge is 2.49. The van der Waals surface area contributed by atoms with E-state index >= 15 is 0 Å². The molecule has 0 aromatic heterocycles. The number of hydrogen-bond acceptors (Lipinski definition) is 3. The van der Waals surface area contributed by atoms with Crippen molar-refractivity contribution in [3.8, 4) is 18.1 Å². The van der Waals surface area contributed by atoms with Crippen LogP contribution in [0, 0.1) is 17.8 Å². The summed E-state index contributed by atoms with van der Waals surface area (Å²) in [5, 5.41) is 0. The van der Waals surface area contributed by atoms with Crippen molar-refractivity contribution in [3.05, 3.63) is 23.8 Å². The molecule has 146 valence electrons. The summed E-state index contributed by atoms with van der Waals surface area (Å²) in [6.07, 6.45) is 2.18. The predicted octanol–water partition coefficient (Wildman–Crippen LogP) is 4.17. The second-order valence-electron chi connectivity index (χ2n) is 7.32. The van der Waals surface area contributed by atoms with E-state index in [1.54, 1.807) is 0 Å². The maximum Gasteiger partial charge on any atom is 0.573 e. The van der Waals surface area contributed by atoms with Crippen LogP contribution in [-0.2, 0) is 16.3 Å². The topological polar surface area (TPSA) is 46.6 Å². The third kappa shape index (κ3) is 4.41. The van der Waals surface area contributed by atoms with Crippen LogP contribution in [0.1, 0.15) is 38.7 Å². The first kappa shape index (κ1) is 20.7. The van der Waals surface area contributed by atoms with E-state index < -0.39 is 35.8 Å². The molecule has 1 aromatic rings. The first-order chi connectivity index (χ1) is 12.5. The summed E-state index contributed by atoms with van der Waals surface area (Å²) in [5.41, 5.74) is -1.84. The van der Waals surface area contributed by atoms with Crippen molar-refractivity contribution in [1.82, 2.24) is 0 Å². The van der Waals surface area contributed by atoms with Gasteiger partial charge in [-0.15, -0.1) is 19.6 Å². The van der Waals surface area contributed by atoms with Gasteiger partial charge < -0.3 is 9.53 Å². The number of rotatable bonds is 5. The zero-order chi connectivity index (χ0) is 20.5. The van der Waals surface area contributed by atoms with Gasteiger partial charge in [0.05, 0.1) is 0 Å². The number of nitrogens with zero attached hydrogens (tertiary/aromatic N) is 1. The van der Waals surface area contributed by atoms with E-state index in [1.165, 1.54) is 0 Å². The number of benzene rings is 1. The van der Waals surface area contributed by atoms with Gasteiger partial charge in [0.1, 0.15) is 24.2 Å². The van der Waals surface area contributed by atoms with Gasteiger partial charge in [0, 0.05) is 11.3 Å². The molecule has 4 nitrogen and oxygen atoms in total. The van der Waals surface area contributed by atoms with Crippen LogP contribution >= 0.6 is 0 Å². The molecule has 0 bridgehead atoms. The Morgan fingerprint density at radius 3 is 2.48 bits per heavy atom. The normalized spacial score (nSPS) is 21.4. The Bertz CT molecular complexity index is 782. The number of terminal acetylenes is 1. The molecule has 1 fully saturated rings. The summed E-state index contributed by atoms with van der Waals surface area (Å²) in [7, 11) is 0. The zero-order valence-electron chi connectivity index (χ0n) is 14.9. The van der Waals surface area contributed by atoms with E-state index in [4.69, 9.17) is 6.42 Å². The van der Waals surface area contributed by atoms with Gasteiger partial charge in [0.2, 0.25) is 0 Å². The smallest absolute Gasteiger partial charge is 0.405 e. The molecule has 1 amide bonds. The highest BCUT2D eigenvalue weighted by atomic mass is 19.4. The van der Waals surface area contributed by atoms with Crippen LogP contribution < -0.4 is 9.64 Å². The van der Waals surface area contributed by atoms with Gasteiger partial charge in [-0.05, 0) is 48.8 Å². The molecule has 1 saturated carbocycles. The minimum atomic E-state index is -4.99. The van der Waals surface area contributed by atoms with E-state index in [9.17, 15) is 27.2 Å². The Balaban J connectivity index is 2.54. The third-order valence-corrected chi connectivity index (χ3v) is 4.68. The fourth-order valence-electron chi connectivity index (χ4n) is 3.58. The van der Waals surface area contributed by atoms with Crippen LogP contribution in [0.3, 0.4) is 0 Å². The van der Waals surface area contributed by atoms with Crippen LogP contribution in [0.4, 0.5) is 23.2 Å². The molecule has 1 aliphatic carbocycles. The first-order valence-corrected chi connectivity index (χ1v) is 8.19. The zero-order valence-corrected chi connectivity index (χ0v) is 14.9. The second-order valence-corrected chi connectivity index (χ2v) is 7.32. The maximum atomic E-state index is 13.3. The monoisotopic (exact) mass is 385 g/mol. The minimum Gasteiger partial charge on any atom is -0.405 e. The fraction of sp³-hybridized carbons (Fsp3) is 0.474. The number of carbonyl (C=O) groups is 2. The molecule has 8 heteroatoms. The number of hydrogen-bond donors (Lipinski definition) is 0. The Hall–Kier alpha value is -2.56. The number of halogens is 4. The summed E-state index contributed by atoms with van der Waals surface area (Å²) in [6.45, 7) is 2.62. The van der Waals surface area contributed by atoms with Gasteiger partial charge in [0.15, 0.2) is 0 Å². The quantitative estimate of drug-likeness (QED) is 0.434. The number of aldehydes is 1. The molecule has 1 unspecified atom stereocenters. The Morgan fingerprint density at radius 2 is 2.04 bits per heavy atom. The van der Waals surface area contributed by atoms with Gasteiger partial charge in [-0.2, -0.15) is 0 Å². The van der Waals surface area contributed by atoms with Crippen molar-refractivity contribution < 1.29 is 31.9 Å². The van der Waals surface area contributed by atoms with Crippen molar-refractivity contribution >= 4 is 17.9 Å². The molecule has 0 radical (unpaired) electrons. The Labute approximate surface area is 154 Å². The van der Waals surface area contributed by atoms with Crippen LogP contribution in [0.2, 0.25) is 0 Å². The minimum absolute atomic E-state index is 0.0462. The van der Waals surface area contributed by atoms with Crippen molar-refractivity contribution in [1.29, 1.82) is 0 Å². The molecule has 0 N–H and O–H groups in total. The average Bonchev–Trinajstić information content (AvgIpc) is 2.90. The van der Waals surface area contributed by atoms with Crippen molar-refractivity contribution in [2.75, 3.05) is 4.90 Å². The molecule has 1 aliphatic rings. The van der Waals surface area contributed by atoms with Crippen molar-refractivity contribution in [2.24, 2.45) is 5.41 Å². The number of alkyl halides is 4. The Kier molecular flexibility index (Phi) is 5.55. The molecule has 1 atom stereocenters. The van der Waals surface area contributed by atoms with E-state index in [0.717, 1.165) is 23.1 Å². The highest BCUT2D eigenvalue weighted by molar-refractivity contribution is 6.09. The highest BCUT2D eigenvalue weighted by Crippen LogP contribution is 2.47. The van der Waals surface area contributed by atoms with Crippen LogP contribution in [0.15, 0.2) is 18.2 Å². The first-order valence-electron chi connectivity index (χ1n) is 8.19. The summed E-state index contributed by atoms with van der Waals surface area (Å²) >= 11 is 0. The van der Waals surface area contributed by atoms with Gasteiger partial charge in [0.25, 0.3) is 0 Å². The third-order valence-electron chi connectivity index (χ3n) is 4.68. The molecule has 0 heterocycles. The van der Waals surface area contributed by atoms with E-state index in [-0.39, 0.29) is 11.1 Å². The van der Waals surface area contributed by atoms with Crippen molar-refractivity contribution in [3.63, 3.8) is 0 Å². The lowest BCUT2D eigenvalue weighted by atomic mass is 9.87.